The van der Waals surface area contributed by atoms with E-state index in [1.807, 2.05) is 25.4 Å². The van der Waals surface area contributed by atoms with Crippen LogP contribution in [-0.2, 0) is 13.0 Å². The highest BCUT2D eigenvalue weighted by atomic mass is 16.5. The number of rotatable bonds is 5. The van der Waals surface area contributed by atoms with Crippen LogP contribution in [0.25, 0.3) is 0 Å². The van der Waals surface area contributed by atoms with Gasteiger partial charge in [0.1, 0.15) is 5.75 Å². The van der Waals surface area contributed by atoms with E-state index in [4.69, 9.17) is 4.74 Å². The third kappa shape index (κ3) is 3.42. The molecule has 3 rings (SSSR count). The molecular formula is C18H22N2O. The summed E-state index contributed by atoms with van der Waals surface area (Å²) in [4.78, 5) is 4.39. The Hall–Kier alpha value is -1.87. The fourth-order valence-electron chi connectivity index (χ4n) is 3.01. The summed E-state index contributed by atoms with van der Waals surface area (Å²) < 4.78 is 5.95. The maximum Gasteiger partial charge on any atom is 0.137 e. The second kappa shape index (κ2) is 6.72. The van der Waals surface area contributed by atoms with Crippen molar-refractivity contribution in [2.45, 2.75) is 31.7 Å². The maximum atomic E-state index is 5.95. The highest BCUT2D eigenvalue weighted by Crippen LogP contribution is 2.31. The zero-order valence-electron chi connectivity index (χ0n) is 12.5. The lowest BCUT2D eigenvalue weighted by Crippen LogP contribution is -2.16. The van der Waals surface area contributed by atoms with Crippen LogP contribution in [0, 0.1) is 0 Å². The molecule has 1 unspecified atom stereocenters. The third-order valence-corrected chi connectivity index (χ3v) is 4.10. The van der Waals surface area contributed by atoms with Crippen LogP contribution in [0.15, 0.2) is 42.6 Å². The van der Waals surface area contributed by atoms with Gasteiger partial charge in [-0.05, 0) is 49.6 Å². The molecular weight excluding hydrogens is 260 g/mol. The molecule has 0 saturated heterocycles. The van der Waals surface area contributed by atoms with Crippen LogP contribution in [0.4, 0.5) is 0 Å². The summed E-state index contributed by atoms with van der Waals surface area (Å²) in [7, 11) is 1.92. The minimum Gasteiger partial charge on any atom is -0.491 e. The van der Waals surface area contributed by atoms with E-state index in [1.165, 1.54) is 30.4 Å². The lowest BCUT2D eigenvalue weighted by molar-refractivity contribution is 0.273. The van der Waals surface area contributed by atoms with Gasteiger partial charge in [0.05, 0.1) is 18.5 Å². The second-order valence-corrected chi connectivity index (χ2v) is 5.61. The predicted octanol–water partition coefficient (Wildman–Crippen LogP) is 3.30. The molecule has 0 fully saturated rings. The Balaban J connectivity index is 1.63. The van der Waals surface area contributed by atoms with E-state index in [9.17, 15) is 0 Å². The summed E-state index contributed by atoms with van der Waals surface area (Å²) in [6, 6.07) is 12.8. The number of benzene rings is 1. The predicted molar refractivity (Wildman–Crippen MR) is 84.6 cm³/mol. The topological polar surface area (TPSA) is 34.1 Å². The van der Waals surface area contributed by atoms with Crippen LogP contribution in [0.1, 0.15) is 35.6 Å². The Morgan fingerprint density at radius 2 is 2.14 bits per heavy atom. The number of pyridine rings is 1. The van der Waals surface area contributed by atoms with Gasteiger partial charge in [-0.15, -0.1) is 0 Å². The van der Waals surface area contributed by atoms with Gasteiger partial charge in [0.15, 0.2) is 0 Å². The van der Waals surface area contributed by atoms with Crippen LogP contribution >= 0.6 is 0 Å². The Bertz CT molecular complexity index is 580. The molecule has 21 heavy (non-hydrogen) atoms. The fraction of sp³-hybridized carbons (Fsp3) is 0.389. The highest BCUT2D eigenvalue weighted by Gasteiger charge is 2.20. The minimum atomic E-state index is 0.506. The molecule has 2 aromatic rings. The molecule has 1 heterocycles. The summed E-state index contributed by atoms with van der Waals surface area (Å²) in [6.45, 7) is 1.53. The first kappa shape index (κ1) is 14.1. The van der Waals surface area contributed by atoms with Crippen molar-refractivity contribution in [1.82, 2.24) is 10.3 Å². The zero-order valence-corrected chi connectivity index (χ0v) is 12.5. The molecule has 1 aromatic carbocycles. The first-order valence-electron chi connectivity index (χ1n) is 7.67. The number of nitrogens with zero attached hydrogens (tertiary/aromatic N) is 1. The standard InChI is InChI=1S/C18H22N2O/c1-19-11-16-9-10-17(12-20-16)21-13-15-7-4-6-14-5-2-3-8-18(14)15/h2-3,5,8-10,12,15,19H,4,6-7,11,13H2,1H3. The van der Waals surface area contributed by atoms with Gasteiger partial charge in [0.25, 0.3) is 0 Å². The largest absolute Gasteiger partial charge is 0.491 e. The number of ether oxygens (including phenoxy) is 1. The molecule has 110 valence electrons. The van der Waals surface area contributed by atoms with Gasteiger partial charge in [-0.3, -0.25) is 4.98 Å². The Labute approximate surface area is 126 Å². The smallest absolute Gasteiger partial charge is 0.137 e. The van der Waals surface area contributed by atoms with Crippen LogP contribution in [0.5, 0.6) is 5.75 Å². The number of hydrogen-bond acceptors (Lipinski definition) is 3. The molecule has 1 aromatic heterocycles. The van der Waals surface area contributed by atoms with Crippen molar-refractivity contribution in [3.8, 4) is 5.75 Å². The Morgan fingerprint density at radius 1 is 1.24 bits per heavy atom. The Kier molecular flexibility index (Phi) is 4.51. The number of aromatic nitrogens is 1. The zero-order chi connectivity index (χ0) is 14.5. The van der Waals surface area contributed by atoms with Crippen LogP contribution < -0.4 is 10.1 Å². The van der Waals surface area contributed by atoms with E-state index in [1.54, 1.807) is 0 Å². The monoisotopic (exact) mass is 282 g/mol. The average Bonchev–Trinajstić information content (AvgIpc) is 2.54. The van der Waals surface area contributed by atoms with Gasteiger partial charge in [0, 0.05) is 12.5 Å². The van der Waals surface area contributed by atoms with Gasteiger partial charge >= 0.3 is 0 Å². The molecule has 1 aliphatic rings. The lowest BCUT2D eigenvalue weighted by atomic mass is 9.83. The van der Waals surface area contributed by atoms with Gasteiger partial charge in [-0.2, -0.15) is 0 Å². The second-order valence-electron chi connectivity index (χ2n) is 5.61. The molecule has 0 spiro atoms. The van der Waals surface area contributed by atoms with Crippen LogP contribution in [-0.4, -0.2) is 18.6 Å². The Morgan fingerprint density at radius 3 is 2.95 bits per heavy atom. The number of fused-ring (bicyclic) bond motifs is 1. The highest BCUT2D eigenvalue weighted by molar-refractivity contribution is 5.33. The van der Waals surface area contributed by atoms with Crippen molar-refractivity contribution in [3.05, 3.63) is 59.4 Å². The number of aryl methyl sites for hydroxylation is 1. The van der Waals surface area contributed by atoms with Crippen molar-refractivity contribution >= 4 is 0 Å². The van der Waals surface area contributed by atoms with E-state index in [0.29, 0.717) is 5.92 Å². The maximum absolute atomic E-state index is 5.95. The molecule has 3 nitrogen and oxygen atoms in total. The molecule has 0 amide bonds. The summed E-state index contributed by atoms with van der Waals surface area (Å²) in [5.74, 6) is 1.37. The summed E-state index contributed by atoms with van der Waals surface area (Å²) >= 11 is 0. The van der Waals surface area contributed by atoms with Crippen molar-refractivity contribution < 1.29 is 4.74 Å². The number of nitrogens with one attached hydrogen (secondary N) is 1. The molecule has 0 saturated carbocycles. The molecule has 1 atom stereocenters. The van der Waals surface area contributed by atoms with Crippen LogP contribution in [0.2, 0.25) is 0 Å². The van der Waals surface area contributed by atoms with Gasteiger partial charge < -0.3 is 10.1 Å². The van der Waals surface area contributed by atoms with Crippen LogP contribution in [0.3, 0.4) is 0 Å². The third-order valence-electron chi connectivity index (χ3n) is 4.10. The quantitative estimate of drug-likeness (QED) is 0.913. The van der Waals surface area contributed by atoms with E-state index in [2.05, 4.69) is 34.6 Å². The van der Waals surface area contributed by atoms with Crippen molar-refractivity contribution in [2.75, 3.05) is 13.7 Å². The molecule has 0 bridgehead atoms. The molecule has 0 aliphatic heterocycles. The summed E-state index contributed by atoms with van der Waals surface area (Å²) in [5.41, 5.74) is 3.98. The average molecular weight is 282 g/mol. The first-order chi connectivity index (χ1) is 10.4. The fourth-order valence-corrected chi connectivity index (χ4v) is 3.01. The van der Waals surface area contributed by atoms with E-state index in [0.717, 1.165) is 24.6 Å². The van der Waals surface area contributed by atoms with Gasteiger partial charge in [-0.25, -0.2) is 0 Å². The van der Waals surface area contributed by atoms with Crippen molar-refractivity contribution in [2.24, 2.45) is 0 Å². The van der Waals surface area contributed by atoms with E-state index >= 15 is 0 Å². The molecule has 3 heteroatoms. The SMILES string of the molecule is CNCc1ccc(OCC2CCCc3ccccc32)cn1. The molecule has 1 N–H and O–H groups in total. The van der Waals surface area contributed by atoms with Gasteiger partial charge in [-0.1, -0.05) is 24.3 Å². The van der Waals surface area contributed by atoms with Gasteiger partial charge in [0.2, 0.25) is 0 Å². The van der Waals surface area contributed by atoms with Crippen molar-refractivity contribution in [1.29, 1.82) is 0 Å². The number of hydrogen-bond donors (Lipinski definition) is 1. The summed E-state index contributed by atoms with van der Waals surface area (Å²) in [6.07, 6.45) is 5.49. The molecule has 1 aliphatic carbocycles. The lowest BCUT2D eigenvalue weighted by Gasteiger charge is -2.25. The minimum absolute atomic E-state index is 0.506. The summed E-state index contributed by atoms with van der Waals surface area (Å²) in [5, 5.41) is 3.09. The normalized spacial score (nSPS) is 17.3. The van der Waals surface area contributed by atoms with E-state index < -0.39 is 0 Å². The first-order valence-corrected chi connectivity index (χ1v) is 7.67. The van der Waals surface area contributed by atoms with Crippen molar-refractivity contribution in [3.63, 3.8) is 0 Å². The van der Waals surface area contributed by atoms with E-state index in [-0.39, 0.29) is 0 Å². The molecule has 0 radical (unpaired) electrons.